The maximum Gasteiger partial charge on any atom is 0.295 e. The van der Waals surface area contributed by atoms with Crippen molar-refractivity contribution in [3.05, 3.63) is 77.9 Å². The van der Waals surface area contributed by atoms with Gasteiger partial charge in [-0.15, -0.1) is 0 Å². The number of phenols is 1. The van der Waals surface area contributed by atoms with Crippen LogP contribution >= 0.6 is 0 Å². The van der Waals surface area contributed by atoms with E-state index in [0.29, 0.717) is 23.5 Å². The van der Waals surface area contributed by atoms with Crippen LogP contribution in [0.3, 0.4) is 0 Å². The van der Waals surface area contributed by atoms with Crippen molar-refractivity contribution in [1.82, 2.24) is 4.90 Å². The van der Waals surface area contributed by atoms with Crippen LogP contribution in [0, 0.1) is 0 Å². The summed E-state index contributed by atoms with van der Waals surface area (Å²) in [6, 6.07) is 11.9. The number of amides is 1. The minimum Gasteiger partial charge on any atom is -0.508 e. The van der Waals surface area contributed by atoms with Crippen LogP contribution in [0.4, 0.5) is 0 Å². The van der Waals surface area contributed by atoms with E-state index in [-0.39, 0.29) is 30.2 Å². The highest BCUT2D eigenvalue weighted by Gasteiger charge is 2.45. The van der Waals surface area contributed by atoms with Crippen LogP contribution in [0.25, 0.3) is 5.76 Å². The fraction of sp³-hybridized carbons (Fsp3) is 0.217. The lowest BCUT2D eigenvalue weighted by Gasteiger charge is -2.25. The summed E-state index contributed by atoms with van der Waals surface area (Å²) in [7, 11) is 1.50. The Bertz CT molecular complexity index is 962. The molecule has 2 aromatic rings. The first kappa shape index (κ1) is 21.1. The summed E-state index contributed by atoms with van der Waals surface area (Å²) in [6.45, 7) is 4.34. The molecular weight excluding hydrogens is 386 g/mol. The van der Waals surface area contributed by atoms with E-state index in [2.05, 4.69) is 6.58 Å². The molecule has 1 aliphatic rings. The first-order valence-corrected chi connectivity index (χ1v) is 9.38. The van der Waals surface area contributed by atoms with Gasteiger partial charge in [-0.2, -0.15) is 0 Å². The largest absolute Gasteiger partial charge is 0.508 e. The van der Waals surface area contributed by atoms with Crippen molar-refractivity contribution in [1.29, 1.82) is 0 Å². The Hall–Kier alpha value is -3.58. The molecule has 0 saturated carbocycles. The number of hydrogen-bond donors (Lipinski definition) is 2. The summed E-state index contributed by atoms with van der Waals surface area (Å²) in [5.41, 5.74) is 0.964. The van der Waals surface area contributed by atoms with Crippen LogP contribution in [0.2, 0.25) is 0 Å². The lowest BCUT2D eigenvalue weighted by Crippen LogP contribution is -2.32. The molecule has 7 nitrogen and oxygen atoms in total. The normalized spacial score (nSPS) is 17.9. The Morgan fingerprint density at radius 2 is 1.80 bits per heavy atom. The Balaban J connectivity index is 2.05. The Morgan fingerprint density at radius 1 is 1.13 bits per heavy atom. The highest BCUT2D eigenvalue weighted by Crippen LogP contribution is 2.39. The Kier molecular flexibility index (Phi) is 6.54. The van der Waals surface area contributed by atoms with Gasteiger partial charge in [-0.3, -0.25) is 9.59 Å². The molecule has 1 heterocycles. The molecule has 1 amide bonds. The van der Waals surface area contributed by atoms with Gasteiger partial charge in [-0.05, 0) is 42.0 Å². The average molecular weight is 409 g/mol. The van der Waals surface area contributed by atoms with Gasteiger partial charge in [0.05, 0.1) is 18.2 Å². The second-order valence-electron chi connectivity index (χ2n) is 6.70. The SMILES string of the molecule is C=CCOc1ccc(/C(O)=C2\C(=O)C(=O)N(CCOC)[C@H]2c2ccc(O)cc2)cc1. The van der Waals surface area contributed by atoms with Crippen LogP contribution in [0.5, 0.6) is 11.5 Å². The third kappa shape index (κ3) is 4.21. The number of aromatic hydroxyl groups is 1. The van der Waals surface area contributed by atoms with Gasteiger partial charge in [0.15, 0.2) is 0 Å². The maximum absolute atomic E-state index is 12.8. The zero-order valence-corrected chi connectivity index (χ0v) is 16.6. The molecular formula is C23H23NO6. The predicted molar refractivity (Wildman–Crippen MR) is 111 cm³/mol. The van der Waals surface area contributed by atoms with Crippen molar-refractivity contribution < 1.29 is 29.3 Å². The quantitative estimate of drug-likeness (QED) is 0.301. The van der Waals surface area contributed by atoms with Crippen molar-refractivity contribution in [2.45, 2.75) is 6.04 Å². The summed E-state index contributed by atoms with van der Waals surface area (Å²) in [6.07, 6.45) is 1.62. The maximum atomic E-state index is 12.8. The van der Waals surface area contributed by atoms with E-state index in [1.807, 2.05) is 0 Å². The molecule has 7 heteroatoms. The van der Waals surface area contributed by atoms with Crippen LogP contribution in [0.15, 0.2) is 66.8 Å². The summed E-state index contributed by atoms with van der Waals surface area (Å²) in [5.74, 6) is -1.11. The number of hydrogen-bond acceptors (Lipinski definition) is 6. The molecule has 0 bridgehead atoms. The van der Waals surface area contributed by atoms with Crippen LogP contribution in [-0.4, -0.2) is 53.7 Å². The molecule has 0 spiro atoms. The monoisotopic (exact) mass is 409 g/mol. The fourth-order valence-electron chi connectivity index (χ4n) is 3.32. The molecule has 0 unspecified atom stereocenters. The number of methoxy groups -OCH3 is 1. The van der Waals surface area contributed by atoms with E-state index in [1.54, 1.807) is 42.5 Å². The number of likely N-dealkylation sites (tertiary alicyclic amines) is 1. The van der Waals surface area contributed by atoms with E-state index in [1.165, 1.54) is 24.1 Å². The second-order valence-corrected chi connectivity index (χ2v) is 6.70. The number of ether oxygens (including phenoxy) is 2. The van der Waals surface area contributed by atoms with Gasteiger partial charge in [-0.1, -0.05) is 24.8 Å². The Morgan fingerprint density at radius 3 is 2.40 bits per heavy atom. The number of carbonyl (C=O) groups is 2. The lowest BCUT2D eigenvalue weighted by atomic mass is 9.95. The number of rotatable bonds is 8. The molecule has 1 saturated heterocycles. The first-order valence-electron chi connectivity index (χ1n) is 9.38. The fourth-order valence-corrected chi connectivity index (χ4v) is 3.32. The van der Waals surface area contributed by atoms with Gasteiger partial charge in [-0.25, -0.2) is 0 Å². The molecule has 3 rings (SSSR count). The zero-order valence-electron chi connectivity index (χ0n) is 16.6. The predicted octanol–water partition coefficient (Wildman–Crippen LogP) is 3.03. The van der Waals surface area contributed by atoms with Gasteiger partial charge >= 0.3 is 0 Å². The van der Waals surface area contributed by atoms with E-state index in [9.17, 15) is 19.8 Å². The number of carbonyl (C=O) groups excluding carboxylic acids is 2. The zero-order chi connectivity index (χ0) is 21.7. The molecule has 30 heavy (non-hydrogen) atoms. The van der Waals surface area contributed by atoms with Crippen LogP contribution in [-0.2, 0) is 14.3 Å². The third-order valence-electron chi connectivity index (χ3n) is 4.78. The van der Waals surface area contributed by atoms with E-state index in [0.717, 1.165) is 0 Å². The van der Waals surface area contributed by atoms with Gasteiger partial charge in [0.1, 0.15) is 23.9 Å². The number of aliphatic hydroxyl groups excluding tert-OH is 1. The number of benzene rings is 2. The molecule has 1 aliphatic heterocycles. The van der Waals surface area contributed by atoms with Crippen molar-refractivity contribution in [2.75, 3.05) is 26.9 Å². The smallest absolute Gasteiger partial charge is 0.295 e. The highest BCUT2D eigenvalue weighted by molar-refractivity contribution is 6.46. The molecule has 2 aromatic carbocycles. The van der Waals surface area contributed by atoms with Crippen molar-refractivity contribution in [3.8, 4) is 11.5 Å². The molecule has 156 valence electrons. The van der Waals surface area contributed by atoms with E-state index >= 15 is 0 Å². The van der Waals surface area contributed by atoms with E-state index in [4.69, 9.17) is 9.47 Å². The van der Waals surface area contributed by atoms with Crippen LogP contribution < -0.4 is 4.74 Å². The van der Waals surface area contributed by atoms with Gasteiger partial charge in [0, 0.05) is 19.2 Å². The molecule has 0 radical (unpaired) electrons. The van der Waals surface area contributed by atoms with Crippen molar-refractivity contribution in [2.24, 2.45) is 0 Å². The van der Waals surface area contributed by atoms with Crippen molar-refractivity contribution >= 4 is 17.4 Å². The summed E-state index contributed by atoms with van der Waals surface area (Å²) in [4.78, 5) is 26.9. The molecule has 0 aliphatic carbocycles. The summed E-state index contributed by atoms with van der Waals surface area (Å²) in [5, 5.41) is 20.6. The van der Waals surface area contributed by atoms with Crippen molar-refractivity contribution in [3.63, 3.8) is 0 Å². The highest BCUT2D eigenvalue weighted by atomic mass is 16.5. The topological polar surface area (TPSA) is 96.3 Å². The number of Topliss-reactive ketones (excluding diaryl/α,β-unsaturated/α-hetero) is 1. The molecule has 1 fully saturated rings. The minimum absolute atomic E-state index is 0.0125. The number of ketones is 1. The lowest BCUT2D eigenvalue weighted by molar-refractivity contribution is -0.140. The average Bonchev–Trinajstić information content (AvgIpc) is 3.01. The summed E-state index contributed by atoms with van der Waals surface area (Å²) >= 11 is 0. The number of nitrogens with zero attached hydrogens (tertiary/aromatic N) is 1. The molecule has 2 N–H and O–H groups in total. The minimum atomic E-state index is -0.794. The Labute approximate surface area is 174 Å². The first-order chi connectivity index (χ1) is 14.5. The summed E-state index contributed by atoms with van der Waals surface area (Å²) < 4.78 is 10.5. The van der Waals surface area contributed by atoms with Gasteiger partial charge < -0.3 is 24.6 Å². The number of aliphatic hydroxyl groups is 1. The standard InChI is InChI=1S/C23H23NO6/c1-3-13-30-18-10-6-16(7-11-18)21(26)19-20(15-4-8-17(25)9-5-15)24(12-14-29-2)23(28)22(19)27/h3-11,20,25-26H,1,12-14H2,2H3/b21-19+/t20-/m0/s1. The molecule has 0 aromatic heterocycles. The van der Waals surface area contributed by atoms with Gasteiger partial charge in [0.25, 0.3) is 11.7 Å². The van der Waals surface area contributed by atoms with Gasteiger partial charge in [0.2, 0.25) is 0 Å². The number of phenolic OH excluding ortho intramolecular Hbond substituents is 1. The third-order valence-corrected chi connectivity index (χ3v) is 4.78. The van der Waals surface area contributed by atoms with E-state index < -0.39 is 17.7 Å². The second kappa shape index (κ2) is 9.28. The van der Waals surface area contributed by atoms with Crippen LogP contribution in [0.1, 0.15) is 17.2 Å². The molecule has 1 atom stereocenters.